The van der Waals surface area contributed by atoms with Crippen molar-refractivity contribution in [3.63, 3.8) is 0 Å². The molecule has 0 aromatic heterocycles. The second-order valence-electron chi connectivity index (χ2n) is 7.95. The number of hydrogen-bond acceptors (Lipinski definition) is 6. The molecule has 2 heterocycles. The van der Waals surface area contributed by atoms with Crippen LogP contribution in [0.2, 0.25) is 0 Å². The Morgan fingerprint density at radius 1 is 1.06 bits per heavy atom. The summed E-state index contributed by atoms with van der Waals surface area (Å²) in [5.74, 6) is 0.837. The van der Waals surface area contributed by atoms with Gasteiger partial charge in [0.15, 0.2) is 11.5 Å². The third-order valence-electron chi connectivity index (χ3n) is 5.44. The third-order valence-corrected chi connectivity index (χ3v) is 6.90. The Balaban J connectivity index is 1.34. The van der Waals surface area contributed by atoms with Crippen molar-refractivity contribution >= 4 is 15.9 Å². The number of sulfonamides is 1. The predicted molar refractivity (Wildman–Crippen MR) is 118 cm³/mol. The first-order valence-corrected chi connectivity index (χ1v) is 12.3. The molecule has 2 aliphatic rings. The Hall–Kier alpha value is -2.62. The van der Waals surface area contributed by atoms with Gasteiger partial charge in [0, 0.05) is 32.0 Å². The summed E-state index contributed by atoms with van der Waals surface area (Å²) in [6.07, 6.45) is 0.513. The van der Waals surface area contributed by atoms with E-state index in [-0.39, 0.29) is 36.0 Å². The van der Waals surface area contributed by atoms with Gasteiger partial charge < -0.3 is 19.1 Å². The first-order chi connectivity index (χ1) is 15.4. The minimum absolute atomic E-state index is 0.0113. The lowest BCUT2D eigenvalue weighted by molar-refractivity contribution is -0.144. The monoisotopic (exact) mass is 460 g/mol. The van der Waals surface area contributed by atoms with Crippen LogP contribution in [-0.4, -0.2) is 58.2 Å². The third kappa shape index (κ3) is 5.40. The van der Waals surface area contributed by atoms with Gasteiger partial charge in [-0.3, -0.25) is 4.79 Å². The molecule has 0 spiro atoms. The minimum atomic E-state index is -3.78. The van der Waals surface area contributed by atoms with Crippen molar-refractivity contribution in [2.24, 2.45) is 0 Å². The van der Waals surface area contributed by atoms with Crippen LogP contribution >= 0.6 is 0 Å². The predicted octanol–water partition coefficient (Wildman–Crippen LogP) is 2.50. The van der Waals surface area contributed by atoms with Crippen LogP contribution in [0.15, 0.2) is 53.4 Å². The van der Waals surface area contributed by atoms with Crippen molar-refractivity contribution in [2.45, 2.75) is 36.9 Å². The summed E-state index contributed by atoms with van der Waals surface area (Å²) in [7, 11) is -3.78. The van der Waals surface area contributed by atoms with Crippen molar-refractivity contribution in [1.82, 2.24) is 9.62 Å². The highest BCUT2D eigenvalue weighted by Gasteiger charge is 2.29. The fourth-order valence-corrected chi connectivity index (χ4v) is 4.90. The zero-order valence-corrected chi connectivity index (χ0v) is 18.8. The van der Waals surface area contributed by atoms with Crippen molar-refractivity contribution < 1.29 is 27.4 Å². The molecule has 2 aromatic carbocycles. The van der Waals surface area contributed by atoms with E-state index in [0.717, 1.165) is 12.0 Å². The maximum atomic E-state index is 12.8. The highest BCUT2D eigenvalue weighted by atomic mass is 32.2. The van der Waals surface area contributed by atoms with Gasteiger partial charge in [-0.2, -0.15) is 0 Å². The molecule has 172 valence electrons. The van der Waals surface area contributed by atoms with Crippen molar-refractivity contribution in [2.75, 3.05) is 32.8 Å². The molecule has 8 nitrogen and oxygen atoms in total. The normalized spacial score (nSPS) is 21.1. The van der Waals surface area contributed by atoms with E-state index in [0.29, 0.717) is 37.8 Å². The van der Waals surface area contributed by atoms with Crippen molar-refractivity contribution in [1.29, 1.82) is 0 Å². The van der Waals surface area contributed by atoms with Crippen LogP contribution in [0.5, 0.6) is 11.5 Å². The standard InChI is InChI=1S/C23H28N2O6S/c1-17-15-25(16-22(31-17)18-6-3-2-4-7-18)23(26)10-11-24-32(27,28)19-8-9-20-21(14-19)30-13-5-12-29-20/h2-4,6-9,14,17,22,24H,5,10-13,15-16H2,1H3. The number of fused-ring (bicyclic) bond motifs is 1. The lowest BCUT2D eigenvalue weighted by atomic mass is 10.1. The van der Waals surface area contributed by atoms with Crippen LogP contribution in [0.1, 0.15) is 31.4 Å². The largest absolute Gasteiger partial charge is 0.490 e. The number of nitrogens with zero attached hydrogens (tertiary/aromatic N) is 1. The van der Waals surface area contributed by atoms with Gasteiger partial charge in [0.1, 0.15) is 6.10 Å². The van der Waals surface area contributed by atoms with Gasteiger partial charge in [-0.25, -0.2) is 13.1 Å². The van der Waals surface area contributed by atoms with Gasteiger partial charge in [0.05, 0.1) is 30.8 Å². The molecule has 2 aromatic rings. The lowest BCUT2D eigenvalue weighted by Gasteiger charge is -2.37. The Labute approximate surface area is 188 Å². The molecule has 0 saturated carbocycles. The van der Waals surface area contributed by atoms with Gasteiger partial charge in [-0.15, -0.1) is 0 Å². The molecule has 2 atom stereocenters. The molecule has 2 unspecified atom stereocenters. The van der Waals surface area contributed by atoms with Gasteiger partial charge in [-0.05, 0) is 24.6 Å². The smallest absolute Gasteiger partial charge is 0.240 e. The average molecular weight is 461 g/mol. The van der Waals surface area contributed by atoms with Gasteiger partial charge in [-0.1, -0.05) is 30.3 Å². The molecule has 1 N–H and O–H groups in total. The topological polar surface area (TPSA) is 94.2 Å². The van der Waals surface area contributed by atoms with Crippen LogP contribution in [0.3, 0.4) is 0 Å². The summed E-state index contributed by atoms with van der Waals surface area (Å²) in [5, 5.41) is 0. The van der Waals surface area contributed by atoms with E-state index in [2.05, 4.69) is 4.72 Å². The van der Waals surface area contributed by atoms with E-state index >= 15 is 0 Å². The maximum Gasteiger partial charge on any atom is 0.240 e. The molecule has 32 heavy (non-hydrogen) atoms. The highest BCUT2D eigenvalue weighted by molar-refractivity contribution is 7.89. The number of ether oxygens (including phenoxy) is 3. The fraction of sp³-hybridized carbons (Fsp3) is 0.435. The fourth-order valence-electron chi connectivity index (χ4n) is 3.85. The first-order valence-electron chi connectivity index (χ1n) is 10.8. The van der Waals surface area contributed by atoms with E-state index in [4.69, 9.17) is 14.2 Å². The first kappa shape index (κ1) is 22.6. The molecule has 1 amide bonds. The lowest BCUT2D eigenvalue weighted by Crippen LogP contribution is -2.46. The molecule has 0 radical (unpaired) electrons. The summed E-state index contributed by atoms with van der Waals surface area (Å²) in [5.41, 5.74) is 1.02. The number of benzene rings is 2. The van der Waals surface area contributed by atoms with Crippen LogP contribution in [0.4, 0.5) is 0 Å². The molecule has 0 aliphatic carbocycles. The number of carbonyl (C=O) groups is 1. The van der Waals surface area contributed by atoms with Gasteiger partial charge in [0.25, 0.3) is 0 Å². The summed E-state index contributed by atoms with van der Waals surface area (Å²) < 4.78 is 45.0. The Bertz CT molecular complexity index is 1040. The van der Waals surface area contributed by atoms with Crippen LogP contribution in [0, 0.1) is 0 Å². The summed E-state index contributed by atoms with van der Waals surface area (Å²) in [6.45, 7) is 3.88. The van der Waals surface area contributed by atoms with E-state index in [9.17, 15) is 13.2 Å². The van der Waals surface area contributed by atoms with Crippen molar-refractivity contribution in [3.8, 4) is 11.5 Å². The molecule has 1 saturated heterocycles. The number of morpholine rings is 1. The molecule has 0 bridgehead atoms. The van der Waals surface area contributed by atoms with Crippen molar-refractivity contribution in [3.05, 3.63) is 54.1 Å². The second kappa shape index (κ2) is 9.89. The number of hydrogen-bond donors (Lipinski definition) is 1. The van der Waals surface area contributed by atoms with E-state index in [1.807, 2.05) is 37.3 Å². The SMILES string of the molecule is CC1CN(C(=O)CCNS(=O)(=O)c2ccc3c(c2)OCCCO3)CC(c2ccccc2)O1. The van der Waals surface area contributed by atoms with E-state index in [1.165, 1.54) is 12.1 Å². The quantitative estimate of drug-likeness (QED) is 0.712. The molecule has 1 fully saturated rings. The molecular formula is C23H28N2O6S. The van der Waals surface area contributed by atoms with E-state index < -0.39 is 10.0 Å². The molecule has 9 heteroatoms. The minimum Gasteiger partial charge on any atom is -0.490 e. The second-order valence-corrected chi connectivity index (χ2v) is 9.72. The number of rotatable bonds is 6. The van der Waals surface area contributed by atoms with Gasteiger partial charge >= 0.3 is 0 Å². The van der Waals surface area contributed by atoms with Crippen LogP contribution in [0.25, 0.3) is 0 Å². The Morgan fingerprint density at radius 2 is 1.81 bits per heavy atom. The molecule has 2 aliphatic heterocycles. The number of amides is 1. The number of carbonyl (C=O) groups excluding carboxylic acids is 1. The molecular weight excluding hydrogens is 432 g/mol. The van der Waals surface area contributed by atoms with E-state index in [1.54, 1.807) is 11.0 Å². The maximum absolute atomic E-state index is 12.8. The number of nitrogens with one attached hydrogen (secondary N) is 1. The van der Waals surface area contributed by atoms with Crippen LogP contribution < -0.4 is 14.2 Å². The summed E-state index contributed by atoms with van der Waals surface area (Å²) in [4.78, 5) is 14.6. The zero-order chi connectivity index (χ0) is 22.6. The zero-order valence-electron chi connectivity index (χ0n) is 18.0. The summed E-state index contributed by atoms with van der Waals surface area (Å²) in [6, 6.07) is 14.3. The van der Waals surface area contributed by atoms with Crippen LogP contribution in [-0.2, 0) is 19.6 Å². The Kier molecular flexibility index (Phi) is 6.98. The summed E-state index contributed by atoms with van der Waals surface area (Å²) >= 11 is 0. The average Bonchev–Trinajstić information content (AvgIpc) is 3.04. The highest BCUT2D eigenvalue weighted by Crippen LogP contribution is 2.32. The molecule has 4 rings (SSSR count). The van der Waals surface area contributed by atoms with Gasteiger partial charge in [0.2, 0.25) is 15.9 Å². The Morgan fingerprint density at radius 3 is 2.59 bits per heavy atom.